The van der Waals surface area contributed by atoms with Gasteiger partial charge in [-0.15, -0.1) is 0 Å². The van der Waals surface area contributed by atoms with Crippen molar-refractivity contribution in [2.75, 3.05) is 13.2 Å². The van der Waals surface area contributed by atoms with Crippen molar-refractivity contribution in [3.05, 3.63) is 77.4 Å². The molecule has 0 aliphatic carbocycles. The number of halogens is 1. The normalized spacial score (nSPS) is 24.8. The number of benzene rings is 2. The number of hydrogen-bond donors (Lipinski definition) is 2. The number of nitrogens with zero attached hydrogens (tertiary/aromatic N) is 1. The number of H-pyrrole nitrogens is 1. The second-order valence-electron chi connectivity index (χ2n) is 8.62. The van der Waals surface area contributed by atoms with E-state index in [-0.39, 0.29) is 18.1 Å². The van der Waals surface area contributed by atoms with E-state index in [0.717, 1.165) is 40.0 Å². The summed E-state index contributed by atoms with van der Waals surface area (Å²) < 4.78 is 11.5. The Balaban J connectivity index is 1.26. The van der Waals surface area contributed by atoms with Crippen LogP contribution in [0.4, 0.5) is 0 Å². The Morgan fingerprint density at radius 1 is 0.906 bits per heavy atom. The minimum atomic E-state index is -0.524. The lowest BCUT2D eigenvalue weighted by molar-refractivity contribution is 0.0169. The molecule has 2 aliphatic heterocycles. The summed E-state index contributed by atoms with van der Waals surface area (Å²) in [6.45, 7) is 0.942. The highest BCUT2D eigenvalue weighted by Crippen LogP contribution is 2.35. The van der Waals surface area contributed by atoms with Gasteiger partial charge in [0, 0.05) is 17.2 Å². The van der Waals surface area contributed by atoms with E-state index in [1.807, 2.05) is 24.3 Å². The first kappa shape index (κ1) is 19.9. The van der Waals surface area contributed by atoms with E-state index in [4.69, 9.17) is 26.1 Å². The molecule has 2 aromatic heterocycles. The van der Waals surface area contributed by atoms with E-state index >= 15 is 0 Å². The predicted octanol–water partition coefficient (Wildman–Crippen LogP) is 4.87. The van der Waals surface area contributed by atoms with Crippen LogP contribution in [0.25, 0.3) is 33.4 Å². The van der Waals surface area contributed by atoms with E-state index < -0.39 is 6.10 Å². The van der Waals surface area contributed by atoms with Crippen molar-refractivity contribution in [3.8, 4) is 22.4 Å². The number of rotatable bonds is 4. The van der Waals surface area contributed by atoms with Gasteiger partial charge in [0.15, 0.2) is 0 Å². The van der Waals surface area contributed by atoms with Crippen LogP contribution in [0.2, 0.25) is 5.02 Å². The van der Waals surface area contributed by atoms with E-state index in [2.05, 4.69) is 47.4 Å². The maximum atomic E-state index is 9.97. The number of aromatic nitrogens is 2. The fourth-order valence-corrected chi connectivity index (χ4v) is 5.13. The molecular weight excluding hydrogens is 424 g/mol. The Bertz CT molecular complexity index is 1260. The molecule has 2 unspecified atom stereocenters. The molecule has 32 heavy (non-hydrogen) atoms. The predicted molar refractivity (Wildman–Crippen MR) is 125 cm³/mol. The van der Waals surface area contributed by atoms with Gasteiger partial charge >= 0.3 is 0 Å². The summed E-state index contributed by atoms with van der Waals surface area (Å²) in [5.74, 6) is 0.214. The Hall–Kier alpha value is -2.70. The monoisotopic (exact) mass is 446 g/mol. The van der Waals surface area contributed by atoms with Gasteiger partial charge < -0.3 is 19.6 Å². The van der Waals surface area contributed by atoms with Crippen LogP contribution in [-0.2, 0) is 15.9 Å². The molecular formula is C26H23ClN2O3. The molecule has 6 heteroatoms. The number of ether oxygens (including phenoxy) is 2. The van der Waals surface area contributed by atoms with Gasteiger partial charge in [0.05, 0.1) is 41.1 Å². The number of nitrogens with one attached hydrogen (secondary N) is 1. The molecule has 4 aromatic rings. The van der Waals surface area contributed by atoms with Crippen LogP contribution in [0.3, 0.4) is 0 Å². The fraction of sp³-hybridized carbons (Fsp3) is 0.269. The molecule has 2 fully saturated rings. The minimum Gasteiger partial charge on any atom is -0.388 e. The first-order valence-corrected chi connectivity index (χ1v) is 11.3. The van der Waals surface area contributed by atoms with E-state index in [1.54, 1.807) is 0 Å². The summed E-state index contributed by atoms with van der Waals surface area (Å²) in [7, 11) is 0. The van der Waals surface area contributed by atoms with Gasteiger partial charge in [-0.25, -0.2) is 4.98 Å². The second-order valence-corrected chi connectivity index (χ2v) is 9.02. The third-order valence-electron chi connectivity index (χ3n) is 6.49. The number of aliphatic hydroxyl groups excluding tert-OH is 1. The summed E-state index contributed by atoms with van der Waals surface area (Å²) in [6.07, 6.45) is 0.00117. The SMILES string of the molecule is OC1CO[C@@H]2C(Cc3cc4nc(-c5ccc(-c6ccccc6)cc5)c(Cl)cc4[nH]3)CO[C@H]12. The smallest absolute Gasteiger partial charge is 0.112 e. The van der Waals surface area contributed by atoms with Crippen molar-refractivity contribution >= 4 is 22.6 Å². The Morgan fingerprint density at radius 2 is 1.62 bits per heavy atom. The third-order valence-corrected chi connectivity index (χ3v) is 6.78. The second kappa shape index (κ2) is 8.01. The minimum absolute atomic E-state index is 0.0494. The molecule has 0 saturated carbocycles. The molecule has 4 atom stereocenters. The summed E-state index contributed by atoms with van der Waals surface area (Å²) in [5, 5.41) is 10.6. The highest BCUT2D eigenvalue weighted by molar-refractivity contribution is 6.33. The lowest BCUT2D eigenvalue weighted by atomic mass is 9.96. The van der Waals surface area contributed by atoms with Crippen molar-refractivity contribution < 1.29 is 14.6 Å². The van der Waals surface area contributed by atoms with Gasteiger partial charge in [-0.1, -0.05) is 66.2 Å². The summed E-state index contributed by atoms with van der Waals surface area (Å²) in [5.41, 5.74) is 6.97. The van der Waals surface area contributed by atoms with Crippen molar-refractivity contribution in [2.45, 2.75) is 24.7 Å². The maximum Gasteiger partial charge on any atom is 0.112 e. The largest absolute Gasteiger partial charge is 0.388 e. The molecule has 0 amide bonds. The maximum absolute atomic E-state index is 9.97. The lowest BCUT2D eigenvalue weighted by Gasteiger charge is -2.14. The van der Waals surface area contributed by atoms with Crippen LogP contribution < -0.4 is 0 Å². The molecule has 2 aliphatic rings. The Labute approximate surface area is 191 Å². The van der Waals surface area contributed by atoms with Crippen LogP contribution in [0.1, 0.15) is 5.69 Å². The van der Waals surface area contributed by atoms with Crippen LogP contribution in [0, 0.1) is 5.92 Å². The Kier molecular flexibility index (Phi) is 5.00. The molecule has 0 spiro atoms. The van der Waals surface area contributed by atoms with Crippen LogP contribution >= 0.6 is 11.6 Å². The molecule has 2 saturated heterocycles. The number of aliphatic hydroxyl groups is 1. The summed E-state index contributed by atoms with van der Waals surface area (Å²) >= 11 is 6.61. The molecule has 162 valence electrons. The zero-order valence-electron chi connectivity index (χ0n) is 17.4. The standard InChI is InChI=1S/C26H23ClN2O3/c27-20-12-22-21(11-19(28-22)10-18-13-31-26-23(30)14-32-25(18)26)29-24(20)17-8-6-16(7-9-17)15-4-2-1-3-5-15/h1-9,11-12,18,23,25-26,28,30H,10,13-14H2/t18?,23?,25-,26-/m1/s1. The molecule has 6 rings (SSSR count). The summed E-state index contributed by atoms with van der Waals surface area (Å²) in [4.78, 5) is 8.30. The van der Waals surface area contributed by atoms with E-state index in [9.17, 15) is 5.11 Å². The quantitative estimate of drug-likeness (QED) is 0.469. The highest BCUT2D eigenvalue weighted by atomic mass is 35.5. The summed E-state index contributed by atoms with van der Waals surface area (Å²) in [6, 6.07) is 22.6. The average Bonchev–Trinajstić information content (AvgIpc) is 3.51. The van der Waals surface area contributed by atoms with Gasteiger partial charge in [0.25, 0.3) is 0 Å². The van der Waals surface area contributed by atoms with Gasteiger partial charge in [-0.05, 0) is 29.7 Å². The first-order chi connectivity index (χ1) is 15.7. The molecule has 2 aromatic carbocycles. The lowest BCUT2D eigenvalue weighted by Crippen LogP contribution is -2.29. The average molecular weight is 447 g/mol. The van der Waals surface area contributed by atoms with E-state index in [1.165, 1.54) is 5.56 Å². The molecule has 0 radical (unpaired) electrons. The first-order valence-electron chi connectivity index (χ1n) is 10.9. The topological polar surface area (TPSA) is 67.4 Å². The van der Waals surface area contributed by atoms with Crippen LogP contribution in [-0.4, -0.2) is 46.6 Å². The zero-order valence-corrected chi connectivity index (χ0v) is 18.1. The van der Waals surface area contributed by atoms with Gasteiger partial charge in [0.1, 0.15) is 12.2 Å². The number of aromatic amines is 1. The van der Waals surface area contributed by atoms with Gasteiger partial charge in [0.2, 0.25) is 0 Å². The van der Waals surface area contributed by atoms with Gasteiger partial charge in [-0.3, -0.25) is 0 Å². The van der Waals surface area contributed by atoms with Crippen LogP contribution in [0.15, 0.2) is 66.7 Å². The van der Waals surface area contributed by atoms with Crippen molar-refractivity contribution in [2.24, 2.45) is 5.92 Å². The van der Waals surface area contributed by atoms with E-state index in [0.29, 0.717) is 18.2 Å². The van der Waals surface area contributed by atoms with Crippen molar-refractivity contribution in [1.82, 2.24) is 9.97 Å². The molecule has 2 N–H and O–H groups in total. The van der Waals surface area contributed by atoms with Gasteiger partial charge in [-0.2, -0.15) is 0 Å². The molecule has 0 bridgehead atoms. The van der Waals surface area contributed by atoms with Crippen LogP contribution in [0.5, 0.6) is 0 Å². The van der Waals surface area contributed by atoms with Crippen molar-refractivity contribution in [1.29, 1.82) is 0 Å². The third kappa shape index (κ3) is 3.51. The number of pyridine rings is 1. The number of hydrogen-bond acceptors (Lipinski definition) is 4. The molecule has 5 nitrogen and oxygen atoms in total. The zero-order chi connectivity index (χ0) is 21.7. The molecule has 4 heterocycles. The Morgan fingerprint density at radius 3 is 2.44 bits per heavy atom. The van der Waals surface area contributed by atoms with Crippen molar-refractivity contribution in [3.63, 3.8) is 0 Å². The fourth-order valence-electron chi connectivity index (χ4n) is 4.87. The number of fused-ring (bicyclic) bond motifs is 2. The highest BCUT2D eigenvalue weighted by Gasteiger charge is 2.46.